The zero-order valence-corrected chi connectivity index (χ0v) is 17.8. The molecule has 0 aliphatic heterocycles. The average Bonchev–Trinajstić information content (AvgIpc) is 3.11. The number of aromatic nitrogens is 2. The number of nitrogens with zero attached hydrogens (tertiary/aromatic N) is 2. The molecule has 0 spiro atoms. The summed E-state index contributed by atoms with van der Waals surface area (Å²) >= 11 is 5.73. The predicted molar refractivity (Wildman–Crippen MR) is 115 cm³/mol. The van der Waals surface area contributed by atoms with Gasteiger partial charge in [0.2, 0.25) is 11.8 Å². The molecule has 0 fully saturated rings. The van der Waals surface area contributed by atoms with Crippen molar-refractivity contribution in [2.75, 3.05) is 0 Å². The number of nitrogens with two attached hydrogens (primary N) is 1. The van der Waals surface area contributed by atoms with Crippen LogP contribution in [0.25, 0.3) is 10.9 Å². The first-order valence-corrected chi connectivity index (χ1v) is 10.00. The first-order chi connectivity index (χ1) is 15.2. The lowest BCUT2D eigenvalue weighted by atomic mass is 10.1. The van der Waals surface area contributed by atoms with Crippen LogP contribution in [0.3, 0.4) is 0 Å². The molecule has 3 aromatic rings. The van der Waals surface area contributed by atoms with E-state index in [2.05, 4.69) is 15.7 Å². The molecule has 2 aromatic carbocycles. The summed E-state index contributed by atoms with van der Waals surface area (Å²) in [5.41, 5.74) is 6.03. The molecule has 2 atom stereocenters. The molecular formula is C21H21ClFN5O4. The molecule has 3 amide bonds. The van der Waals surface area contributed by atoms with Crippen molar-refractivity contribution in [3.05, 3.63) is 64.6 Å². The normalized spacial score (nSPS) is 12.9. The Morgan fingerprint density at radius 3 is 2.62 bits per heavy atom. The van der Waals surface area contributed by atoms with Crippen molar-refractivity contribution in [3.63, 3.8) is 0 Å². The molecule has 5 N–H and O–H groups in total. The molecule has 0 aliphatic carbocycles. The van der Waals surface area contributed by atoms with Gasteiger partial charge in [-0.2, -0.15) is 5.10 Å². The van der Waals surface area contributed by atoms with Crippen LogP contribution < -0.4 is 16.4 Å². The summed E-state index contributed by atoms with van der Waals surface area (Å²) in [7, 11) is 0. The second-order valence-electron chi connectivity index (χ2n) is 7.10. The van der Waals surface area contributed by atoms with Crippen molar-refractivity contribution in [2.45, 2.75) is 32.2 Å². The van der Waals surface area contributed by atoms with Gasteiger partial charge in [-0.05, 0) is 19.1 Å². The maximum absolute atomic E-state index is 14.0. The fraction of sp³-hybridized carbons (Fsp3) is 0.238. The van der Waals surface area contributed by atoms with Crippen LogP contribution in [0.15, 0.2) is 42.5 Å². The monoisotopic (exact) mass is 461 g/mol. The van der Waals surface area contributed by atoms with Gasteiger partial charge in [-0.1, -0.05) is 41.9 Å². The van der Waals surface area contributed by atoms with Gasteiger partial charge in [-0.15, -0.1) is 0 Å². The molecular weight excluding hydrogens is 441 g/mol. The standard InChI is InChI=1S/C21H21ClFN5O4/c1-11(29)18(21(32)25-9-12-5-4-7-14(22)17(12)23)26-16(30)10-28-15-8-3-2-6-13(15)19(27-28)20(24)31/h2-8,11,18,29H,9-10H2,1H3,(H2,24,31)(H,25,32)(H,26,30). The minimum atomic E-state index is -1.30. The maximum Gasteiger partial charge on any atom is 0.269 e. The lowest BCUT2D eigenvalue weighted by Crippen LogP contribution is -2.53. The quantitative estimate of drug-likeness (QED) is 0.398. The Hall–Kier alpha value is -3.50. The number of fused-ring (bicyclic) bond motifs is 1. The van der Waals surface area contributed by atoms with Crippen molar-refractivity contribution in [1.29, 1.82) is 0 Å². The van der Waals surface area contributed by atoms with Gasteiger partial charge in [-0.3, -0.25) is 19.1 Å². The number of aliphatic hydroxyl groups is 1. The van der Waals surface area contributed by atoms with Crippen LogP contribution >= 0.6 is 11.6 Å². The van der Waals surface area contributed by atoms with Gasteiger partial charge >= 0.3 is 0 Å². The topological polar surface area (TPSA) is 139 Å². The van der Waals surface area contributed by atoms with E-state index in [1.54, 1.807) is 24.3 Å². The Bertz CT molecular complexity index is 1180. The summed E-state index contributed by atoms with van der Waals surface area (Å²) in [4.78, 5) is 36.7. The fourth-order valence-electron chi connectivity index (χ4n) is 3.17. The van der Waals surface area contributed by atoms with Gasteiger partial charge in [-0.25, -0.2) is 4.39 Å². The number of carbonyl (C=O) groups excluding carboxylic acids is 3. The minimum Gasteiger partial charge on any atom is -0.391 e. The number of hydrogen-bond donors (Lipinski definition) is 4. The van der Waals surface area contributed by atoms with Crippen LogP contribution in [0.5, 0.6) is 0 Å². The molecule has 0 bridgehead atoms. The molecule has 1 heterocycles. The number of rotatable bonds is 8. The third-order valence-electron chi connectivity index (χ3n) is 4.75. The second-order valence-corrected chi connectivity index (χ2v) is 7.51. The van der Waals surface area contributed by atoms with Gasteiger partial charge in [0.05, 0.1) is 16.6 Å². The Morgan fingerprint density at radius 2 is 1.94 bits per heavy atom. The van der Waals surface area contributed by atoms with Crippen molar-refractivity contribution < 1.29 is 23.9 Å². The summed E-state index contributed by atoms with van der Waals surface area (Å²) in [5, 5.41) is 19.4. The number of amides is 3. The summed E-state index contributed by atoms with van der Waals surface area (Å²) in [5.74, 6) is -2.75. The number of aliphatic hydroxyl groups excluding tert-OH is 1. The largest absolute Gasteiger partial charge is 0.391 e. The van der Waals surface area contributed by atoms with E-state index in [0.717, 1.165) is 0 Å². The van der Waals surface area contributed by atoms with Crippen LogP contribution in [0.2, 0.25) is 5.02 Å². The Kier molecular flexibility index (Phi) is 7.06. The highest BCUT2D eigenvalue weighted by atomic mass is 35.5. The highest BCUT2D eigenvalue weighted by Crippen LogP contribution is 2.19. The second kappa shape index (κ2) is 9.75. The number of carbonyl (C=O) groups is 3. The molecule has 32 heavy (non-hydrogen) atoms. The van der Waals surface area contributed by atoms with E-state index in [1.807, 2.05) is 0 Å². The van der Waals surface area contributed by atoms with E-state index in [4.69, 9.17) is 17.3 Å². The molecule has 0 saturated carbocycles. The lowest BCUT2D eigenvalue weighted by Gasteiger charge is -2.21. The predicted octanol–water partition coefficient (Wildman–Crippen LogP) is 1.11. The Balaban J connectivity index is 1.70. The van der Waals surface area contributed by atoms with E-state index in [-0.39, 0.29) is 29.4 Å². The molecule has 1 aromatic heterocycles. The summed E-state index contributed by atoms with van der Waals surface area (Å²) < 4.78 is 15.3. The zero-order valence-electron chi connectivity index (χ0n) is 17.0. The van der Waals surface area contributed by atoms with Gasteiger partial charge in [0.15, 0.2) is 5.69 Å². The van der Waals surface area contributed by atoms with Gasteiger partial charge < -0.3 is 21.5 Å². The molecule has 3 rings (SSSR count). The number of halogens is 2. The number of primary amides is 1. The SMILES string of the molecule is CC(O)C(NC(=O)Cn1nc(C(N)=O)c2ccccc21)C(=O)NCc1cccc(Cl)c1F. The fourth-order valence-corrected chi connectivity index (χ4v) is 3.36. The molecule has 2 unspecified atom stereocenters. The molecule has 0 saturated heterocycles. The van der Waals surface area contributed by atoms with Crippen LogP contribution in [0, 0.1) is 5.82 Å². The van der Waals surface area contributed by atoms with Crippen LogP contribution in [0.1, 0.15) is 23.0 Å². The molecule has 168 valence electrons. The smallest absolute Gasteiger partial charge is 0.269 e. The van der Waals surface area contributed by atoms with E-state index in [0.29, 0.717) is 10.9 Å². The van der Waals surface area contributed by atoms with E-state index >= 15 is 0 Å². The zero-order chi connectivity index (χ0) is 23.4. The van der Waals surface area contributed by atoms with Crippen molar-refractivity contribution in [1.82, 2.24) is 20.4 Å². The average molecular weight is 462 g/mol. The van der Waals surface area contributed by atoms with Crippen LogP contribution in [-0.2, 0) is 22.7 Å². The lowest BCUT2D eigenvalue weighted by molar-refractivity contribution is -0.132. The van der Waals surface area contributed by atoms with E-state index < -0.39 is 35.7 Å². The van der Waals surface area contributed by atoms with Gasteiger partial charge in [0.25, 0.3) is 5.91 Å². The van der Waals surface area contributed by atoms with Crippen LogP contribution in [-0.4, -0.2) is 44.8 Å². The number of benzene rings is 2. The molecule has 0 radical (unpaired) electrons. The number of para-hydroxylation sites is 1. The van der Waals surface area contributed by atoms with Crippen molar-refractivity contribution in [2.24, 2.45) is 5.73 Å². The molecule has 0 aliphatic rings. The molecule has 9 nitrogen and oxygen atoms in total. The Labute approximate surface area is 187 Å². The summed E-state index contributed by atoms with van der Waals surface area (Å²) in [6, 6.07) is 9.80. The highest BCUT2D eigenvalue weighted by molar-refractivity contribution is 6.30. The first-order valence-electron chi connectivity index (χ1n) is 9.62. The van der Waals surface area contributed by atoms with Gasteiger partial charge in [0.1, 0.15) is 18.4 Å². The number of hydrogen-bond acceptors (Lipinski definition) is 5. The Morgan fingerprint density at radius 1 is 1.22 bits per heavy atom. The summed E-state index contributed by atoms with van der Waals surface area (Å²) in [6.45, 7) is 0.822. The van der Waals surface area contributed by atoms with Crippen molar-refractivity contribution >= 4 is 40.2 Å². The third-order valence-corrected chi connectivity index (χ3v) is 5.04. The van der Waals surface area contributed by atoms with Gasteiger partial charge in [0, 0.05) is 17.5 Å². The number of nitrogens with one attached hydrogen (secondary N) is 2. The maximum atomic E-state index is 14.0. The first kappa shape index (κ1) is 23.2. The highest BCUT2D eigenvalue weighted by Gasteiger charge is 2.26. The summed E-state index contributed by atoms with van der Waals surface area (Å²) in [6.07, 6.45) is -1.24. The van der Waals surface area contributed by atoms with Crippen LogP contribution in [0.4, 0.5) is 4.39 Å². The minimum absolute atomic E-state index is 0.0155. The third kappa shape index (κ3) is 5.04. The van der Waals surface area contributed by atoms with E-state index in [1.165, 1.54) is 29.8 Å². The molecule has 11 heteroatoms. The van der Waals surface area contributed by atoms with E-state index in [9.17, 15) is 23.9 Å². The van der Waals surface area contributed by atoms with Crippen molar-refractivity contribution in [3.8, 4) is 0 Å².